The monoisotopic (exact) mass is 388 g/mol. The average molecular weight is 388 g/mol. The molecule has 0 atom stereocenters. The van der Waals surface area contributed by atoms with Gasteiger partial charge in [0.1, 0.15) is 17.3 Å². The second-order valence-electron chi connectivity index (χ2n) is 5.67. The van der Waals surface area contributed by atoms with E-state index >= 15 is 0 Å². The summed E-state index contributed by atoms with van der Waals surface area (Å²) in [5, 5.41) is 5.50. The molecule has 1 amide bonds. The van der Waals surface area contributed by atoms with Gasteiger partial charge >= 0.3 is 6.18 Å². The molecule has 0 radical (unpaired) electrons. The summed E-state index contributed by atoms with van der Waals surface area (Å²) in [5.74, 6) is 0.562. The van der Waals surface area contributed by atoms with Gasteiger partial charge in [0.25, 0.3) is 5.91 Å². The van der Waals surface area contributed by atoms with E-state index in [4.69, 9.17) is 4.74 Å². The predicted octanol–water partition coefficient (Wildman–Crippen LogP) is 4.50. The summed E-state index contributed by atoms with van der Waals surface area (Å²) < 4.78 is 42.8. The van der Waals surface area contributed by atoms with Crippen LogP contribution in [0.5, 0.6) is 5.75 Å². The van der Waals surface area contributed by atoms with Gasteiger partial charge in [0.15, 0.2) is 0 Å². The molecule has 1 heterocycles. The number of anilines is 3. The number of benzene rings is 2. The minimum atomic E-state index is -4.43. The van der Waals surface area contributed by atoms with Gasteiger partial charge in [-0.2, -0.15) is 13.2 Å². The van der Waals surface area contributed by atoms with Crippen LogP contribution in [-0.4, -0.2) is 23.0 Å². The lowest BCUT2D eigenvalue weighted by Gasteiger charge is -2.09. The number of nitrogens with zero attached hydrogens (tertiary/aromatic N) is 2. The maximum atomic E-state index is 12.6. The first-order valence-electron chi connectivity index (χ1n) is 8.07. The summed E-state index contributed by atoms with van der Waals surface area (Å²) >= 11 is 0. The summed E-state index contributed by atoms with van der Waals surface area (Å²) in [5.41, 5.74) is 0.219. The zero-order chi connectivity index (χ0) is 20.1. The number of methoxy groups -OCH3 is 1. The number of hydrogen-bond acceptors (Lipinski definition) is 5. The highest BCUT2D eigenvalue weighted by molar-refractivity contribution is 6.02. The van der Waals surface area contributed by atoms with E-state index in [9.17, 15) is 18.0 Å². The maximum Gasteiger partial charge on any atom is 0.416 e. The Labute approximate surface area is 158 Å². The third-order valence-electron chi connectivity index (χ3n) is 3.72. The van der Waals surface area contributed by atoms with E-state index in [1.54, 1.807) is 31.4 Å². The lowest BCUT2D eigenvalue weighted by molar-refractivity contribution is -0.137. The topological polar surface area (TPSA) is 76.1 Å². The minimum Gasteiger partial charge on any atom is -0.497 e. The number of hydrogen-bond donors (Lipinski definition) is 2. The third kappa shape index (κ3) is 4.76. The van der Waals surface area contributed by atoms with E-state index in [1.807, 2.05) is 0 Å². The molecule has 0 aliphatic heterocycles. The standard InChI is InChI=1S/C19H15F3N4O2/c1-28-15-8-6-13(7-9-15)25-17-11-23-16(10-24-17)18(27)26-14-4-2-12(3-5-14)19(20,21)22/h2-11H,1H3,(H,24,25)(H,26,27). The summed E-state index contributed by atoms with van der Waals surface area (Å²) in [6.07, 6.45) is -1.78. The Kier molecular flexibility index (Phi) is 5.44. The molecule has 2 N–H and O–H groups in total. The largest absolute Gasteiger partial charge is 0.497 e. The van der Waals surface area contributed by atoms with Crippen molar-refractivity contribution >= 4 is 23.1 Å². The van der Waals surface area contributed by atoms with Crippen molar-refractivity contribution in [2.75, 3.05) is 17.7 Å². The third-order valence-corrected chi connectivity index (χ3v) is 3.72. The minimum absolute atomic E-state index is 0.0279. The predicted molar refractivity (Wildman–Crippen MR) is 97.7 cm³/mol. The lowest BCUT2D eigenvalue weighted by atomic mass is 10.2. The van der Waals surface area contributed by atoms with Crippen LogP contribution in [0.1, 0.15) is 16.1 Å². The number of amides is 1. The second kappa shape index (κ2) is 7.95. The molecule has 1 aromatic heterocycles. The van der Waals surface area contributed by atoms with Crippen LogP contribution in [0, 0.1) is 0 Å². The normalized spacial score (nSPS) is 11.0. The van der Waals surface area contributed by atoms with Crippen LogP contribution in [-0.2, 0) is 6.18 Å². The van der Waals surface area contributed by atoms with E-state index in [0.29, 0.717) is 11.6 Å². The Balaban J connectivity index is 1.63. The number of rotatable bonds is 5. The summed E-state index contributed by atoms with van der Waals surface area (Å²) in [7, 11) is 1.57. The fourth-order valence-corrected chi connectivity index (χ4v) is 2.27. The fourth-order valence-electron chi connectivity index (χ4n) is 2.27. The van der Waals surface area contributed by atoms with Gasteiger partial charge in [0, 0.05) is 11.4 Å². The van der Waals surface area contributed by atoms with Gasteiger partial charge in [-0.05, 0) is 48.5 Å². The summed E-state index contributed by atoms with van der Waals surface area (Å²) in [6.45, 7) is 0. The Morgan fingerprint density at radius 1 is 0.929 bits per heavy atom. The van der Waals surface area contributed by atoms with E-state index in [-0.39, 0.29) is 11.4 Å². The zero-order valence-corrected chi connectivity index (χ0v) is 14.6. The molecule has 144 valence electrons. The molecular weight excluding hydrogens is 373 g/mol. The Hall–Kier alpha value is -3.62. The Morgan fingerprint density at radius 2 is 1.57 bits per heavy atom. The number of alkyl halides is 3. The van der Waals surface area contributed by atoms with Crippen LogP contribution in [0.15, 0.2) is 60.9 Å². The molecule has 3 aromatic rings. The maximum absolute atomic E-state index is 12.6. The van der Waals surface area contributed by atoms with Crippen LogP contribution in [0.2, 0.25) is 0 Å². The average Bonchev–Trinajstić information content (AvgIpc) is 2.69. The van der Waals surface area contributed by atoms with Gasteiger partial charge < -0.3 is 15.4 Å². The van der Waals surface area contributed by atoms with Crippen molar-refractivity contribution in [3.63, 3.8) is 0 Å². The molecule has 0 bridgehead atoms. The van der Waals surface area contributed by atoms with Gasteiger partial charge in [0.05, 0.1) is 25.1 Å². The molecule has 28 heavy (non-hydrogen) atoms. The van der Waals surface area contributed by atoms with Gasteiger partial charge in [0.2, 0.25) is 0 Å². The Bertz CT molecular complexity index is 941. The molecule has 9 heteroatoms. The van der Waals surface area contributed by atoms with Crippen molar-refractivity contribution in [3.8, 4) is 5.75 Å². The highest BCUT2D eigenvalue weighted by Crippen LogP contribution is 2.29. The molecule has 6 nitrogen and oxygen atoms in total. The number of aromatic nitrogens is 2. The number of carbonyl (C=O) groups is 1. The molecule has 0 unspecified atom stereocenters. The summed E-state index contributed by atoms with van der Waals surface area (Å²) in [6, 6.07) is 11.3. The lowest BCUT2D eigenvalue weighted by Crippen LogP contribution is -2.14. The second-order valence-corrected chi connectivity index (χ2v) is 5.67. The first-order valence-corrected chi connectivity index (χ1v) is 8.07. The van der Waals surface area contributed by atoms with Gasteiger partial charge in [-0.25, -0.2) is 9.97 Å². The van der Waals surface area contributed by atoms with Gasteiger partial charge in [-0.3, -0.25) is 4.79 Å². The van der Waals surface area contributed by atoms with Crippen LogP contribution in [0.4, 0.5) is 30.4 Å². The summed E-state index contributed by atoms with van der Waals surface area (Å²) in [4.78, 5) is 20.3. The van der Waals surface area contributed by atoms with E-state index in [1.165, 1.54) is 24.5 Å². The molecule has 3 rings (SSSR count). The zero-order valence-electron chi connectivity index (χ0n) is 14.6. The first kappa shape index (κ1) is 19.2. The number of halogens is 3. The van der Waals surface area contributed by atoms with Crippen molar-refractivity contribution in [1.82, 2.24) is 9.97 Å². The van der Waals surface area contributed by atoms with E-state index in [2.05, 4.69) is 20.6 Å². The smallest absolute Gasteiger partial charge is 0.416 e. The molecule has 0 saturated carbocycles. The first-order chi connectivity index (χ1) is 13.3. The molecule has 0 fully saturated rings. The molecule has 0 aliphatic carbocycles. The molecule has 0 aliphatic rings. The van der Waals surface area contributed by atoms with Crippen LogP contribution < -0.4 is 15.4 Å². The van der Waals surface area contributed by atoms with Crippen molar-refractivity contribution in [2.24, 2.45) is 0 Å². The SMILES string of the molecule is COc1ccc(Nc2cnc(C(=O)Nc3ccc(C(F)(F)F)cc3)cn2)cc1. The van der Waals surface area contributed by atoms with E-state index in [0.717, 1.165) is 17.8 Å². The van der Waals surface area contributed by atoms with Gasteiger partial charge in [-0.15, -0.1) is 0 Å². The van der Waals surface area contributed by atoms with Gasteiger partial charge in [-0.1, -0.05) is 0 Å². The van der Waals surface area contributed by atoms with Crippen molar-refractivity contribution in [1.29, 1.82) is 0 Å². The highest BCUT2D eigenvalue weighted by atomic mass is 19.4. The van der Waals surface area contributed by atoms with Crippen molar-refractivity contribution in [3.05, 3.63) is 72.2 Å². The molecule has 0 spiro atoms. The number of nitrogens with one attached hydrogen (secondary N) is 2. The molecule has 0 saturated heterocycles. The Morgan fingerprint density at radius 3 is 2.11 bits per heavy atom. The van der Waals surface area contributed by atoms with Crippen LogP contribution >= 0.6 is 0 Å². The fraction of sp³-hybridized carbons (Fsp3) is 0.105. The highest BCUT2D eigenvalue weighted by Gasteiger charge is 2.30. The van der Waals surface area contributed by atoms with Crippen molar-refractivity contribution < 1.29 is 22.7 Å². The van der Waals surface area contributed by atoms with E-state index < -0.39 is 17.6 Å². The quantitative estimate of drug-likeness (QED) is 0.673. The van der Waals surface area contributed by atoms with Crippen molar-refractivity contribution in [2.45, 2.75) is 6.18 Å². The van der Waals surface area contributed by atoms with Crippen LogP contribution in [0.3, 0.4) is 0 Å². The number of ether oxygens (including phenoxy) is 1. The molecular formula is C19H15F3N4O2. The molecule has 2 aromatic carbocycles. The number of carbonyl (C=O) groups excluding carboxylic acids is 1. The van der Waals surface area contributed by atoms with Crippen LogP contribution in [0.25, 0.3) is 0 Å².